The number of carbonyl (C=O) groups excluding carboxylic acids is 4. The Bertz CT molecular complexity index is 1160. The van der Waals surface area contributed by atoms with Crippen LogP contribution in [0.25, 0.3) is 0 Å². The molecule has 2 saturated heterocycles. The number of amides is 3. The van der Waals surface area contributed by atoms with Gasteiger partial charge in [0.2, 0.25) is 17.7 Å². The van der Waals surface area contributed by atoms with Crippen molar-refractivity contribution in [1.82, 2.24) is 0 Å². The molecule has 0 radical (unpaired) electrons. The zero-order chi connectivity index (χ0) is 24.0. The first-order valence-electron chi connectivity index (χ1n) is 11.9. The van der Waals surface area contributed by atoms with Crippen LogP contribution < -0.4 is 14.5 Å². The van der Waals surface area contributed by atoms with Gasteiger partial charge in [0.05, 0.1) is 23.4 Å². The number of anilines is 2. The molecule has 2 aromatic rings. The van der Waals surface area contributed by atoms with Crippen molar-refractivity contribution >= 4 is 35.1 Å². The third-order valence-corrected chi connectivity index (χ3v) is 7.29. The van der Waals surface area contributed by atoms with Crippen molar-refractivity contribution in [3.63, 3.8) is 0 Å². The van der Waals surface area contributed by atoms with Crippen molar-refractivity contribution in [3.05, 3.63) is 54.1 Å². The van der Waals surface area contributed by atoms with Crippen molar-refractivity contribution < 1.29 is 23.9 Å². The lowest BCUT2D eigenvalue weighted by Crippen LogP contribution is -2.31. The molecule has 5 rings (SSSR count). The molecule has 3 aliphatic rings. The first-order chi connectivity index (χ1) is 16.3. The highest BCUT2D eigenvalue weighted by molar-refractivity contribution is 6.22. The fraction of sp³-hybridized carbons (Fsp3) is 0.407. The van der Waals surface area contributed by atoms with E-state index >= 15 is 0 Å². The van der Waals surface area contributed by atoms with Crippen LogP contribution in [0.4, 0.5) is 11.4 Å². The summed E-state index contributed by atoms with van der Waals surface area (Å²) in [6.45, 7) is 4.34. The van der Waals surface area contributed by atoms with Gasteiger partial charge >= 0.3 is 5.97 Å². The number of carbonyl (C=O) groups is 4. The Labute approximate surface area is 198 Å². The van der Waals surface area contributed by atoms with Gasteiger partial charge in [-0.25, -0.2) is 4.90 Å². The summed E-state index contributed by atoms with van der Waals surface area (Å²) in [6, 6.07) is 14.1. The predicted molar refractivity (Wildman–Crippen MR) is 126 cm³/mol. The Morgan fingerprint density at radius 2 is 1.68 bits per heavy atom. The number of esters is 1. The minimum Gasteiger partial charge on any atom is -0.426 e. The molecule has 2 aliphatic heterocycles. The van der Waals surface area contributed by atoms with E-state index in [1.807, 2.05) is 31.2 Å². The molecule has 0 N–H and O–H groups in total. The highest BCUT2D eigenvalue weighted by atomic mass is 16.5. The lowest BCUT2D eigenvalue weighted by Gasteiger charge is -2.25. The molecule has 34 heavy (non-hydrogen) atoms. The summed E-state index contributed by atoms with van der Waals surface area (Å²) in [5.41, 5.74) is 2.27. The second kappa shape index (κ2) is 8.70. The topological polar surface area (TPSA) is 84.0 Å². The van der Waals surface area contributed by atoms with Crippen molar-refractivity contribution in [3.8, 4) is 5.75 Å². The molecule has 7 heteroatoms. The van der Waals surface area contributed by atoms with Crippen LogP contribution in [-0.4, -0.2) is 30.2 Å². The van der Waals surface area contributed by atoms with Crippen molar-refractivity contribution in [2.45, 2.75) is 39.5 Å². The molecule has 4 atom stereocenters. The van der Waals surface area contributed by atoms with Crippen LogP contribution in [-0.2, 0) is 19.2 Å². The van der Waals surface area contributed by atoms with Gasteiger partial charge < -0.3 is 9.64 Å². The number of benzene rings is 2. The zero-order valence-corrected chi connectivity index (χ0v) is 19.4. The van der Waals surface area contributed by atoms with E-state index in [-0.39, 0.29) is 48.3 Å². The third-order valence-electron chi connectivity index (χ3n) is 7.29. The summed E-state index contributed by atoms with van der Waals surface area (Å²) in [6.07, 6.45) is 2.49. The quantitative estimate of drug-likeness (QED) is 0.393. The van der Waals surface area contributed by atoms with Crippen LogP contribution in [0.1, 0.15) is 38.2 Å². The van der Waals surface area contributed by atoms with E-state index < -0.39 is 11.9 Å². The van der Waals surface area contributed by atoms with Crippen LogP contribution >= 0.6 is 0 Å². The van der Waals surface area contributed by atoms with E-state index in [1.165, 1.54) is 4.90 Å². The molecular weight excluding hydrogens is 432 g/mol. The number of aryl methyl sites for hydroxylation is 1. The van der Waals surface area contributed by atoms with Crippen LogP contribution in [0.3, 0.4) is 0 Å². The minimum atomic E-state index is -0.586. The van der Waals surface area contributed by atoms with Gasteiger partial charge in [0.15, 0.2) is 0 Å². The second-order valence-corrected chi connectivity index (χ2v) is 9.80. The molecule has 7 nitrogen and oxygen atoms in total. The van der Waals surface area contributed by atoms with Crippen LogP contribution in [0.15, 0.2) is 48.5 Å². The van der Waals surface area contributed by atoms with E-state index in [0.717, 1.165) is 30.5 Å². The smallest absolute Gasteiger partial charge is 0.316 e. The largest absolute Gasteiger partial charge is 0.426 e. The molecule has 0 unspecified atom stereocenters. The summed E-state index contributed by atoms with van der Waals surface area (Å²) in [5, 5.41) is 0. The monoisotopic (exact) mass is 460 g/mol. The molecule has 3 fully saturated rings. The van der Waals surface area contributed by atoms with E-state index in [0.29, 0.717) is 11.6 Å². The van der Waals surface area contributed by atoms with Gasteiger partial charge in [-0.1, -0.05) is 30.7 Å². The van der Waals surface area contributed by atoms with Gasteiger partial charge in [0.1, 0.15) is 5.75 Å². The number of rotatable bonds is 4. The first kappa shape index (κ1) is 22.3. The molecule has 1 aliphatic carbocycles. The second-order valence-electron chi connectivity index (χ2n) is 9.80. The normalized spacial score (nSPS) is 26.7. The highest BCUT2D eigenvalue weighted by Gasteiger charge is 2.50. The van der Waals surface area contributed by atoms with E-state index in [1.54, 1.807) is 29.2 Å². The summed E-state index contributed by atoms with van der Waals surface area (Å²) in [7, 11) is 0. The fourth-order valence-electron chi connectivity index (χ4n) is 5.37. The average molecular weight is 461 g/mol. The average Bonchev–Trinajstić information content (AvgIpc) is 3.32. The van der Waals surface area contributed by atoms with Gasteiger partial charge in [-0.15, -0.1) is 0 Å². The zero-order valence-electron chi connectivity index (χ0n) is 19.4. The van der Waals surface area contributed by atoms with Gasteiger partial charge in [-0.05, 0) is 56.4 Å². The lowest BCUT2D eigenvalue weighted by atomic mass is 9.76. The third kappa shape index (κ3) is 4.00. The molecule has 0 bridgehead atoms. The van der Waals surface area contributed by atoms with Gasteiger partial charge in [0.25, 0.3) is 0 Å². The van der Waals surface area contributed by atoms with E-state index in [2.05, 4.69) is 6.92 Å². The standard InChI is InChI=1S/C27H28N2O5/c1-16-6-9-19(10-7-16)28-15-18(13-24(28)30)27(33)34-21-5-3-4-20(14-21)29-25(31)22-11-8-17(2)12-23(22)26(29)32/h3-7,9-10,14,17-18,22-23H,8,11-13,15H2,1-2H3/t17-,18-,22-,23+/m1/s1. The molecule has 0 spiro atoms. The number of hydrogen-bond donors (Lipinski definition) is 0. The summed E-state index contributed by atoms with van der Waals surface area (Å²) in [5.74, 6) is -1.37. The molecule has 176 valence electrons. The maximum absolute atomic E-state index is 13.0. The van der Waals surface area contributed by atoms with E-state index in [9.17, 15) is 19.2 Å². The van der Waals surface area contributed by atoms with Gasteiger partial charge in [0, 0.05) is 24.7 Å². The van der Waals surface area contributed by atoms with Crippen molar-refractivity contribution in [2.24, 2.45) is 23.7 Å². The predicted octanol–water partition coefficient (Wildman–Crippen LogP) is 3.88. The van der Waals surface area contributed by atoms with Gasteiger partial charge in [-0.2, -0.15) is 0 Å². The highest BCUT2D eigenvalue weighted by Crippen LogP contribution is 2.42. The summed E-state index contributed by atoms with van der Waals surface area (Å²) >= 11 is 0. The van der Waals surface area contributed by atoms with Crippen LogP contribution in [0.2, 0.25) is 0 Å². The molecule has 2 heterocycles. The maximum Gasteiger partial charge on any atom is 0.316 e. The van der Waals surface area contributed by atoms with Crippen LogP contribution in [0.5, 0.6) is 5.75 Å². The number of nitrogens with zero attached hydrogens (tertiary/aromatic N) is 2. The lowest BCUT2D eigenvalue weighted by molar-refractivity contribution is -0.139. The Kier molecular flexibility index (Phi) is 5.71. The molecule has 3 amide bonds. The summed E-state index contributed by atoms with van der Waals surface area (Å²) < 4.78 is 5.59. The summed E-state index contributed by atoms with van der Waals surface area (Å²) in [4.78, 5) is 54.2. The molecular formula is C27H28N2O5. The fourth-order valence-corrected chi connectivity index (χ4v) is 5.37. The Morgan fingerprint density at radius 1 is 0.941 bits per heavy atom. The number of hydrogen-bond acceptors (Lipinski definition) is 5. The Hall–Kier alpha value is -3.48. The Balaban J connectivity index is 1.28. The first-order valence-corrected chi connectivity index (χ1v) is 11.9. The van der Waals surface area contributed by atoms with Crippen molar-refractivity contribution in [1.29, 1.82) is 0 Å². The Morgan fingerprint density at radius 3 is 2.44 bits per heavy atom. The minimum absolute atomic E-state index is 0.0804. The van der Waals surface area contributed by atoms with Gasteiger partial charge in [-0.3, -0.25) is 19.2 Å². The molecule has 1 saturated carbocycles. The number of imide groups is 1. The number of ether oxygens (including phenoxy) is 1. The van der Waals surface area contributed by atoms with Crippen molar-refractivity contribution in [2.75, 3.05) is 16.3 Å². The molecule has 0 aromatic heterocycles. The maximum atomic E-state index is 13.0. The number of fused-ring (bicyclic) bond motifs is 1. The molecule has 2 aromatic carbocycles. The van der Waals surface area contributed by atoms with Crippen LogP contribution in [0, 0.1) is 30.6 Å². The van der Waals surface area contributed by atoms with E-state index in [4.69, 9.17) is 4.74 Å². The SMILES string of the molecule is Cc1ccc(N2C[C@H](C(=O)Oc3cccc(N4C(=O)[C@H]5C[C@H](C)CC[C@H]5C4=O)c3)CC2=O)cc1.